The van der Waals surface area contributed by atoms with Crippen molar-refractivity contribution in [1.82, 2.24) is 15.1 Å². The molecule has 6 nitrogen and oxygen atoms in total. The molecule has 25 heavy (non-hydrogen) atoms. The van der Waals surface area contributed by atoms with E-state index in [1.165, 1.54) is 0 Å². The number of carboxylic acid groups (broad SMARTS) is 1. The van der Waals surface area contributed by atoms with Crippen molar-refractivity contribution >= 4 is 23.5 Å². The van der Waals surface area contributed by atoms with Crippen molar-refractivity contribution in [1.29, 1.82) is 0 Å². The van der Waals surface area contributed by atoms with Gasteiger partial charge in [0.15, 0.2) is 0 Å². The van der Waals surface area contributed by atoms with Gasteiger partial charge in [-0.25, -0.2) is 0 Å². The first-order valence-corrected chi connectivity index (χ1v) is 8.97. The highest BCUT2D eigenvalue weighted by Crippen LogP contribution is 2.15. The molecule has 1 saturated heterocycles. The lowest BCUT2D eigenvalue weighted by Gasteiger charge is -2.35. The van der Waals surface area contributed by atoms with Gasteiger partial charge in [-0.1, -0.05) is 23.7 Å². The Morgan fingerprint density at radius 1 is 1.28 bits per heavy atom. The zero-order valence-electron chi connectivity index (χ0n) is 14.6. The highest BCUT2D eigenvalue weighted by atomic mass is 35.5. The molecular weight excluding hydrogens is 342 g/mol. The molecule has 0 aromatic heterocycles. The maximum Gasteiger partial charge on any atom is 0.317 e. The Balaban J connectivity index is 1.63. The van der Waals surface area contributed by atoms with Crippen LogP contribution >= 0.6 is 11.6 Å². The van der Waals surface area contributed by atoms with Crippen molar-refractivity contribution in [2.45, 2.75) is 25.3 Å². The number of piperidine rings is 1. The summed E-state index contributed by atoms with van der Waals surface area (Å²) in [6.07, 6.45) is 2.56. The Morgan fingerprint density at radius 2 is 1.92 bits per heavy atom. The topological polar surface area (TPSA) is 72.9 Å². The molecule has 7 heteroatoms. The third-order valence-electron chi connectivity index (χ3n) is 4.58. The predicted octanol–water partition coefficient (Wildman–Crippen LogP) is 1.48. The van der Waals surface area contributed by atoms with Crippen LogP contribution in [-0.4, -0.2) is 72.6 Å². The van der Waals surface area contributed by atoms with E-state index < -0.39 is 5.97 Å². The average Bonchev–Trinajstić information content (AvgIpc) is 2.56. The molecule has 0 saturated carbocycles. The number of rotatable bonds is 8. The summed E-state index contributed by atoms with van der Waals surface area (Å²) in [6, 6.07) is 7.91. The van der Waals surface area contributed by atoms with Crippen molar-refractivity contribution in [3.05, 3.63) is 34.9 Å². The van der Waals surface area contributed by atoms with Gasteiger partial charge < -0.3 is 10.4 Å². The molecule has 0 radical (unpaired) electrons. The first-order valence-electron chi connectivity index (χ1n) is 8.59. The second-order valence-electron chi connectivity index (χ2n) is 6.54. The number of benzene rings is 1. The van der Waals surface area contributed by atoms with Crippen molar-refractivity contribution in [2.24, 2.45) is 0 Å². The lowest BCUT2D eigenvalue weighted by molar-refractivity contribution is -0.138. The molecule has 0 bridgehead atoms. The lowest BCUT2D eigenvalue weighted by Crippen LogP contribution is -2.47. The number of carboxylic acids is 1. The van der Waals surface area contributed by atoms with Crippen molar-refractivity contribution in [3.63, 3.8) is 0 Å². The summed E-state index contributed by atoms with van der Waals surface area (Å²) in [5.74, 6) is -0.767. The predicted molar refractivity (Wildman–Crippen MR) is 97.9 cm³/mol. The molecule has 138 valence electrons. The zero-order chi connectivity index (χ0) is 18.2. The molecule has 1 aromatic carbocycles. The number of hydrogen-bond donors (Lipinski definition) is 2. The number of carbonyl (C=O) groups excluding carboxylic acids is 1. The van der Waals surface area contributed by atoms with Crippen molar-refractivity contribution < 1.29 is 14.7 Å². The fourth-order valence-corrected chi connectivity index (χ4v) is 3.24. The molecule has 0 atom stereocenters. The molecular formula is C18H26ClN3O3. The Morgan fingerprint density at radius 3 is 2.52 bits per heavy atom. The maximum absolute atomic E-state index is 12.1. The summed E-state index contributed by atoms with van der Waals surface area (Å²) >= 11 is 5.85. The first kappa shape index (κ1) is 19.7. The van der Waals surface area contributed by atoms with Crippen LogP contribution in [0.5, 0.6) is 0 Å². The first-order chi connectivity index (χ1) is 11.9. The van der Waals surface area contributed by atoms with E-state index in [0.29, 0.717) is 18.1 Å². The Bertz CT molecular complexity index is 571. The number of amides is 1. The molecule has 0 unspecified atom stereocenters. The van der Waals surface area contributed by atoms with Gasteiger partial charge in [0.05, 0.1) is 13.1 Å². The largest absolute Gasteiger partial charge is 0.480 e. The SMILES string of the molecule is CN(CC(=O)O)C1CCN(CC(=O)NCCc2ccc(Cl)cc2)CC1. The maximum atomic E-state index is 12.1. The number of likely N-dealkylation sites (N-methyl/N-ethyl adjacent to an activating group) is 1. The highest BCUT2D eigenvalue weighted by molar-refractivity contribution is 6.30. The third kappa shape index (κ3) is 7.02. The number of nitrogens with one attached hydrogen (secondary N) is 1. The van der Waals surface area contributed by atoms with Crippen molar-refractivity contribution in [2.75, 3.05) is 39.8 Å². The van der Waals surface area contributed by atoms with E-state index in [4.69, 9.17) is 16.7 Å². The van der Waals surface area contributed by atoms with Gasteiger partial charge in [-0.05, 0) is 44.0 Å². The van der Waals surface area contributed by atoms with Crippen LogP contribution < -0.4 is 5.32 Å². The monoisotopic (exact) mass is 367 g/mol. The van der Waals surface area contributed by atoms with Crippen LogP contribution in [0.4, 0.5) is 0 Å². The summed E-state index contributed by atoms with van der Waals surface area (Å²) in [5, 5.41) is 12.5. The summed E-state index contributed by atoms with van der Waals surface area (Å²) in [7, 11) is 1.85. The smallest absolute Gasteiger partial charge is 0.317 e. The van der Waals surface area contributed by atoms with E-state index in [9.17, 15) is 9.59 Å². The van der Waals surface area contributed by atoms with E-state index in [1.807, 2.05) is 36.2 Å². The van der Waals surface area contributed by atoms with Gasteiger partial charge in [-0.15, -0.1) is 0 Å². The summed E-state index contributed by atoms with van der Waals surface area (Å²) in [5.41, 5.74) is 1.15. The molecule has 1 aliphatic rings. The number of nitrogens with zero attached hydrogens (tertiary/aromatic N) is 2. The van der Waals surface area contributed by atoms with Crippen LogP contribution in [0.25, 0.3) is 0 Å². The summed E-state index contributed by atoms with van der Waals surface area (Å²) in [4.78, 5) is 26.8. The lowest BCUT2D eigenvalue weighted by atomic mass is 10.0. The van der Waals surface area contributed by atoms with E-state index in [2.05, 4.69) is 10.2 Å². The second kappa shape index (κ2) is 9.75. The normalized spacial score (nSPS) is 16.1. The standard InChI is InChI=1S/C18H26ClN3O3/c1-21(13-18(24)25)16-7-10-22(11-8-16)12-17(23)20-9-6-14-2-4-15(19)5-3-14/h2-5,16H,6-13H2,1H3,(H,20,23)(H,24,25). The quantitative estimate of drug-likeness (QED) is 0.728. The molecule has 1 fully saturated rings. The number of carbonyl (C=O) groups is 2. The third-order valence-corrected chi connectivity index (χ3v) is 4.83. The Labute approximate surface area is 153 Å². The fraction of sp³-hybridized carbons (Fsp3) is 0.556. The zero-order valence-corrected chi connectivity index (χ0v) is 15.3. The molecule has 1 amide bonds. The van der Waals surface area contributed by atoms with Gasteiger partial charge in [-0.3, -0.25) is 19.4 Å². The van der Waals surface area contributed by atoms with Crippen LogP contribution in [0, 0.1) is 0 Å². The van der Waals surface area contributed by atoms with Crippen LogP contribution in [0.2, 0.25) is 5.02 Å². The van der Waals surface area contributed by atoms with Crippen LogP contribution in [0.3, 0.4) is 0 Å². The van der Waals surface area contributed by atoms with Gasteiger partial charge in [0.25, 0.3) is 0 Å². The Hall–Kier alpha value is -1.63. The second-order valence-corrected chi connectivity index (χ2v) is 6.98. The van der Waals surface area contributed by atoms with E-state index in [-0.39, 0.29) is 18.5 Å². The Kier molecular flexibility index (Phi) is 7.68. The van der Waals surface area contributed by atoms with Crippen LogP contribution in [0.1, 0.15) is 18.4 Å². The van der Waals surface area contributed by atoms with Gasteiger partial charge in [-0.2, -0.15) is 0 Å². The average molecular weight is 368 g/mol. The number of halogens is 1. The van der Waals surface area contributed by atoms with E-state index in [0.717, 1.165) is 37.9 Å². The fourth-order valence-electron chi connectivity index (χ4n) is 3.12. The summed E-state index contributed by atoms with van der Waals surface area (Å²) in [6.45, 7) is 2.71. The molecule has 1 aromatic rings. The number of aliphatic carboxylic acids is 1. The van der Waals surface area contributed by atoms with Crippen LogP contribution in [0.15, 0.2) is 24.3 Å². The van der Waals surface area contributed by atoms with E-state index >= 15 is 0 Å². The highest BCUT2D eigenvalue weighted by Gasteiger charge is 2.24. The molecule has 1 heterocycles. The van der Waals surface area contributed by atoms with Gasteiger partial charge in [0.1, 0.15) is 0 Å². The van der Waals surface area contributed by atoms with Crippen LogP contribution in [-0.2, 0) is 16.0 Å². The number of likely N-dealkylation sites (tertiary alicyclic amines) is 1. The van der Waals surface area contributed by atoms with Gasteiger partial charge in [0, 0.05) is 30.7 Å². The summed E-state index contributed by atoms with van der Waals surface area (Å²) < 4.78 is 0. The minimum Gasteiger partial charge on any atom is -0.480 e. The molecule has 2 rings (SSSR count). The molecule has 1 aliphatic heterocycles. The number of hydrogen-bond acceptors (Lipinski definition) is 4. The molecule has 0 spiro atoms. The van der Waals surface area contributed by atoms with Gasteiger partial charge >= 0.3 is 5.97 Å². The molecule has 0 aliphatic carbocycles. The van der Waals surface area contributed by atoms with E-state index in [1.54, 1.807) is 0 Å². The van der Waals surface area contributed by atoms with Crippen molar-refractivity contribution in [3.8, 4) is 0 Å². The minimum absolute atomic E-state index is 0.0336. The molecule has 2 N–H and O–H groups in total. The van der Waals surface area contributed by atoms with Gasteiger partial charge in [0.2, 0.25) is 5.91 Å². The minimum atomic E-state index is -0.801.